The second kappa shape index (κ2) is 4.23. The Morgan fingerprint density at radius 1 is 1.05 bits per heavy atom. The van der Waals surface area contributed by atoms with E-state index in [1.54, 1.807) is 0 Å². The molecule has 0 radical (unpaired) electrons. The second-order valence-electron chi connectivity index (χ2n) is 8.14. The molecule has 1 amide bonds. The lowest BCUT2D eigenvalue weighted by molar-refractivity contribution is -0.132. The van der Waals surface area contributed by atoms with Gasteiger partial charge in [0.15, 0.2) is 0 Å². The minimum absolute atomic E-state index is 0.344. The molecule has 4 bridgehead atoms. The molecule has 0 unspecified atom stereocenters. The van der Waals surface area contributed by atoms with Crippen molar-refractivity contribution in [1.29, 1.82) is 0 Å². The first kappa shape index (κ1) is 12.2. The van der Waals surface area contributed by atoms with Gasteiger partial charge in [-0.2, -0.15) is 0 Å². The number of rotatable bonds is 3. The largest absolute Gasteiger partial charge is 0.353 e. The lowest BCUT2D eigenvalue weighted by Crippen LogP contribution is -2.56. The maximum atomic E-state index is 12.2. The Labute approximate surface area is 116 Å². The monoisotopic (exact) mass is 261 g/mol. The molecule has 0 aliphatic heterocycles. The fourth-order valence-electron chi connectivity index (χ4n) is 5.86. The standard InChI is InChI=1S/C17H27NO/c1-11(18-16(19)15-3-2-4-15)17-8-12-5-13(9-17)7-14(6-12)10-17/h11-15H,2-10H2,1H3,(H,18,19)/t11-,12?,13?,14?,17?/m1/s1. The van der Waals surface area contributed by atoms with E-state index in [1.807, 2.05) is 0 Å². The lowest BCUT2D eigenvalue weighted by atomic mass is 9.48. The SMILES string of the molecule is C[C@@H](NC(=O)C1CCC1)C12CC3CC(CC(C3)C1)C2. The van der Waals surface area contributed by atoms with Crippen molar-refractivity contribution >= 4 is 5.91 Å². The lowest BCUT2D eigenvalue weighted by Gasteiger charge is -2.59. The van der Waals surface area contributed by atoms with E-state index < -0.39 is 0 Å². The number of amides is 1. The van der Waals surface area contributed by atoms with E-state index in [9.17, 15) is 4.79 Å². The molecule has 5 fully saturated rings. The van der Waals surface area contributed by atoms with Crippen LogP contribution < -0.4 is 5.32 Å². The molecule has 2 heteroatoms. The molecule has 0 spiro atoms. The second-order valence-corrected chi connectivity index (χ2v) is 8.14. The molecule has 5 aliphatic carbocycles. The highest BCUT2D eigenvalue weighted by molar-refractivity contribution is 5.79. The van der Waals surface area contributed by atoms with Gasteiger partial charge >= 0.3 is 0 Å². The smallest absolute Gasteiger partial charge is 0.223 e. The molecule has 106 valence electrons. The molecular weight excluding hydrogens is 234 g/mol. The topological polar surface area (TPSA) is 29.1 Å². The minimum Gasteiger partial charge on any atom is -0.353 e. The average Bonchev–Trinajstić information content (AvgIpc) is 2.24. The summed E-state index contributed by atoms with van der Waals surface area (Å²) in [5, 5.41) is 3.40. The Morgan fingerprint density at radius 3 is 2.00 bits per heavy atom. The van der Waals surface area contributed by atoms with Crippen LogP contribution in [0.1, 0.15) is 64.7 Å². The number of hydrogen-bond acceptors (Lipinski definition) is 1. The van der Waals surface area contributed by atoms with Crippen molar-refractivity contribution in [3.63, 3.8) is 0 Å². The van der Waals surface area contributed by atoms with Crippen molar-refractivity contribution in [2.45, 2.75) is 70.8 Å². The first-order valence-corrected chi connectivity index (χ1v) is 8.45. The third-order valence-electron chi connectivity index (χ3n) is 6.84. The molecule has 0 aromatic heterocycles. The van der Waals surface area contributed by atoms with Gasteiger partial charge in [0.1, 0.15) is 0 Å². The molecule has 0 heterocycles. The van der Waals surface area contributed by atoms with Crippen LogP contribution in [0.15, 0.2) is 0 Å². The van der Waals surface area contributed by atoms with E-state index in [4.69, 9.17) is 0 Å². The maximum Gasteiger partial charge on any atom is 0.223 e. The summed E-state index contributed by atoms with van der Waals surface area (Å²) in [6, 6.07) is 0.411. The highest BCUT2D eigenvalue weighted by atomic mass is 16.2. The van der Waals surface area contributed by atoms with Gasteiger partial charge in [-0.3, -0.25) is 4.79 Å². The summed E-state index contributed by atoms with van der Waals surface area (Å²) in [4.78, 5) is 12.2. The highest BCUT2D eigenvalue weighted by Gasteiger charge is 2.53. The summed E-state index contributed by atoms with van der Waals surface area (Å²) in [6.07, 6.45) is 12.2. The zero-order chi connectivity index (χ0) is 13.0. The quantitative estimate of drug-likeness (QED) is 0.827. The first-order valence-electron chi connectivity index (χ1n) is 8.45. The molecule has 1 N–H and O–H groups in total. The Kier molecular flexibility index (Phi) is 2.72. The average molecular weight is 261 g/mol. The fourth-order valence-corrected chi connectivity index (χ4v) is 5.86. The van der Waals surface area contributed by atoms with Gasteiger partial charge in [-0.1, -0.05) is 6.42 Å². The Hall–Kier alpha value is -0.530. The van der Waals surface area contributed by atoms with E-state index >= 15 is 0 Å². The van der Waals surface area contributed by atoms with Gasteiger partial charge in [0, 0.05) is 12.0 Å². The molecule has 5 aliphatic rings. The molecular formula is C17H27NO. The van der Waals surface area contributed by atoms with Crippen molar-refractivity contribution in [1.82, 2.24) is 5.32 Å². The van der Waals surface area contributed by atoms with E-state index in [1.165, 1.54) is 44.9 Å². The van der Waals surface area contributed by atoms with E-state index in [2.05, 4.69) is 12.2 Å². The van der Waals surface area contributed by atoms with Gasteiger partial charge in [0.2, 0.25) is 5.91 Å². The maximum absolute atomic E-state index is 12.2. The summed E-state index contributed by atoms with van der Waals surface area (Å²) in [7, 11) is 0. The van der Waals surface area contributed by atoms with Gasteiger partial charge < -0.3 is 5.32 Å². The van der Waals surface area contributed by atoms with Crippen molar-refractivity contribution in [3.05, 3.63) is 0 Å². The van der Waals surface area contributed by atoms with Gasteiger partial charge in [-0.15, -0.1) is 0 Å². The summed E-state index contributed by atoms with van der Waals surface area (Å²) in [5.41, 5.74) is 0.466. The summed E-state index contributed by atoms with van der Waals surface area (Å²) < 4.78 is 0. The van der Waals surface area contributed by atoms with Crippen molar-refractivity contribution in [2.75, 3.05) is 0 Å². The molecule has 0 aromatic rings. The molecule has 19 heavy (non-hydrogen) atoms. The molecule has 0 saturated heterocycles. The zero-order valence-corrected chi connectivity index (χ0v) is 12.2. The third-order valence-corrected chi connectivity index (χ3v) is 6.84. The van der Waals surface area contributed by atoms with E-state index in [-0.39, 0.29) is 0 Å². The normalized spacial score (nSPS) is 45.8. The van der Waals surface area contributed by atoms with Crippen LogP contribution in [-0.4, -0.2) is 11.9 Å². The molecule has 0 aromatic carbocycles. The summed E-state index contributed by atoms with van der Waals surface area (Å²) in [5.74, 6) is 3.64. The number of hydrogen-bond donors (Lipinski definition) is 1. The molecule has 2 nitrogen and oxygen atoms in total. The van der Waals surface area contributed by atoms with Gasteiger partial charge in [0.25, 0.3) is 0 Å². The zero-order valence-electron chi connectivity index (χ0n) is 12.2. The minimum atomic E-state index is 0.344. The van der Waals surface area contributed by atoms with Gasteiger partial charge in [-0.05, 0) is 81.5 Å². The van der Waals surface area contributed by atoms with Crippen LogP contribution in [0, 0.1) is 29.1 Å². The molecule has 5 saturated carbocycles. The van der Waals surface area contributed by atoms with Crippen molar-refractivity contribution < 1.29 is 4.79 Å². The third kappa shape index (κ3) is 1.94. The summed E-state index contributed by atoms with van der Waals surface area (Å²) in [6.45, 7) is 2.30. The Bertz CT molecular complexity index is 349. The predicted molar refractivity (Wildman–Crippen MR) is 75.6 cm³/mol. The van der Waals surface area contributed by atoms with Crippen LogP contribution in [0.25, 0.3) is 0 Å². The Morgan fingerprint density at radius 2 is 1.58 bits per heavy atom. The number of carbonyl (C=O) groups excluding carboxylic acids is 1. The van der Waals surface area contributed by atoms with Gasteiger partial charge in [0.05, 0.1) is 0 Å². The first-order chi connectivity index (χ1) is 9.14. The van der Waals surface area contributed by atoms with Crippen LogP contribution in [0.5, 0.6) is 0 Å². The van der Waals surface area contributed by atoms with Crippen LogP contribution >= 0.6 is 0 Å². The van der Waals surface area contributed by atoms with Crippen molar-refractivity contribution in [2.24, 2.45) is 29.1 Å². The highest BCUT2D eigenvalue weighted by Crippen LogP contribution is 2.61. The molecule has 5 rings (SSSR count). The Balaban J connectivity index is 1.46. The van der Waals surface area contributed by atoms with Crippen LogP contribution in [0.4, 0.5) is 0 Å². The molecule has 1 atom stereocenters. The summed E-state index contributed by atoms with van der Waals surface area (Å²) >= 11 is 0. The van der Waals surface area contributed by atoms with E-state index in [0.717, 1.165) is 30.6 Å². The number of nitrogens with one attached hydrogen (secondary N) is 1. The van der Waals surface area contributed by atoms with Crippen LogP contribution in [0.2, 0.25) is 0 Å². The van der Waals surface area contributed by atoms with E-state index in [0.29, 0.717) is 23.3 Å². The van der Waals surface area contributed by atoms with Crippen LogP contribution in [-0.2, 0) is 4.79 Å². The predicted octanol–water partition coefficient (Wildman–Crippen LogP) is 3.51. The van der Waals surface area contributed by atoms with Crippen LogP contribution in [0.3, 0.4) is 0 Å². The van der Waals surface area contributed by atoms with Crippen molar-refractivity contribution in [3.8, 4) is 0 Å². The number of carbonyl (C=O) groups is 1. The fraction of sp³-hybridized carbons (Fsp3) is 0.941. The van der Waals surface area contributed by atoms with Gasteiger partial charge in [-0.25, -0.2) is 0 Å².